The molecule has 1 aliphatic carbocycles. The molecule has 1 saturated heterocycles. The highest BCUT2D eigenvalue weighted by atomic mass is 16.5. The molecular weight excluding hydrogens is 228 g/mol. The van der Waals surface area contributed by atoms with E-state index in [9.17, 15) is 4.79 Å². The molecule has 1 unspecified atom stereocenters. The molecule has 1 heterocycles. The fourth-order valence-electron chi connectivity index (χ4n) is 2.82. The van der Waals surface area contributed by atoms with Gasteiger partial charge in [-0.3, -0.25) is 10.1 Å². The molecule has 4 heteroatoms. The van der Waals surface area contributed by atoms with Gasteiger partial charge in [0.15, 0.2) is 0 Å². The zero-order chi connectivity index (χ0) is 13.0. The summed E-state index contributed by atoms with van der Waals surface area (Å²) in [6, 6.07) is 0. The largest absolute Gasteiger partial charge is 0.385 e. The van der Waals surface area contributed by atoms with Crippen molar-refractivity contribution in [3.05, 3.63) is 0 Å². The summed E-state index contributed by atoms with van der Waals surface area (Å²) in [5.74, 6) is 0.354. The lowest BCUT2D eigenvalue weighted by molar-refractivity contribution is -0.130. The van der Waals surface area contributed by atoms with E-state index in [2.05, 4.69) is 17.1 Å². The van der Waals surface area contributed by atoms with Crippen LogP contribution in [0.3, 0.4) is 0 Å². The maximum absolute atomic E-state index is 12.3. The van der Waals surface area contributed by atoms with E-state index in [-0.39, 0.29) is 11.7 Å². The lowest BCUT2D eigenvalue weighted by Gasteiger charge is -2.23. The van der Waals surface area contributed by atoms with Crippen molar-refractivity contribution in [1.29, 1.82) is 0 Å². The van der Waals surface area contributed by atoms with E-state index in [4.69, 9.17) is 4.74 Å². The van der Waals surface area contributed by atoms with Crippen molar-refractivity contribution in [3.63, 3.8) is 0 Å². The molecule has 4 nitrogen and oxygen atoms in total. The molecule has 0 aromatic carbocycles. The Labute approximate surface area is 110 Å². The second kappa shape index (κ2) is 6.02. The lowest BCUT2D eigenvalue weighted by Crippen LogP contribution is -2.37. The average Bonchev–Trinajstić information content (AvgIpc) is 3.09. The van der Waals surface area contributed by atoms with Gasteiger partial charge in [-0.15, -0.1) is 0 Å². The summed E-state index contributed by atoms with van der Waals surface area (Å²) in [7, 11) is 1.74. The molecule has 1 saturated carbocycles. The third kappa shape index (κ3) is 2.86. The minimum atomic E-state index is -0.146. The average molecular weight is 254 g/mol. The molecule has 0 bridgehead atoms. The summed E-state index contributed by atoms with van der Waals surface area (Å²) in [5.41, 5.74) is -0.146. The van der Waals surface area contributed by atoms with Gasteiger partial charge in [-0.05, 0) is 38.5 Å². The quantitative estimate of drug-likeness (QED) is 0.673. The normalized spacial score (nSPS) is 25.1. The molecule has 0 aromatic rings. The second-order valence-electron chi connectivity index (χ2n) is 5.58. The number of carbonyl (C=O) groups excluding carboxylic acids is 1. The van der Waals surface area contributed by atoms with Crippen LogP contribution in [0.5, 0.6) is 0 Å². The number of amides is 1. The van der Waals surface area contributed by atoms with E-state index < -0.39 is 0 Å². The molecule has 1 amide bonds. The Morgan fingerprint density at radius 3 is 2.78 bits per heavy atom. The number of unbranched alkanes of at least 4 members (excludes halogenated alkanes) is 2. The molecule has 2 aliphatic rings. The highest BCUT2D eigenvalue weighted by Crippen LogP contribution is 2.42. The molecule has 2 fully saturated rings. The van der Waals surface area contributed by atoms with Gasteiger partial charge in [-0.25, -0.2) is 0 Å². The van der Waals surface area contributed by atoms with Gasteiger partial charge in [0.2, 0.25) is 5.91 Å². The molecule has 2 rings (SSSR count). The van der Waals surface area contributed by atoms with E-state index >= 15 is 0 Å². The number of hydrogen-bond donors (Lipinski definition) is 1. The molecule has 0 aromatic heterocycles. The van der Waals surface area contributed by atoms with E-state index in [1.807, 2.05) is 0 Å². The highest BCUT2D eigenvalue weighted by molar-refractivity contribution is 5.91. The van der Waals surface area contributed by atoms with Crippen molar-refractivity contribution in [2.75, 3.05) is 20.3 Å². The van der Waals surface area contributed by atoms with Crippen LogP contribution in [-0.4, -0.2) is 42.8 Å². The smallest absolute Gasteiger partial charge is 0.244 e. The third-order valence-electron chi connectivity index (χ3n) is 4.05. The summed E-state index contributed by atoms with van der Waals surface area (Å²) < 4.78 is 5.04. The number of ether oxygens (including phenoxy) is 1. The van der Waals surface area contributed by atoms with Crippen LogP contribution in [0.2, 0.25) is 0 Å². The number of nitrogens with zero attached hydrogens (tertiary/aromatic N) is 1. The maximum Gasteiger partial charge on any atom is 0.244 e. The number of carbonyl (C=O) groups is 1. The summed E-state index contributed by atoms with van der Waals surface area (Å²) in [4.78, 5) is 14.4. The predicted molar refractivity (Wildman–Crippen MR) is 71.2 cm³/mol. The van der Waals surface area contributed by atoms with Crippen molar-refractivity contribution in [2.24, 2.45) is 0 Å². The Balaban J connectivity index is 1.78. The van der Waals surface area contributed by atoms with Gasteiger partial charge >= 0.3 is 0 Å². The van der Waals surface area contributed by atoms with Gasteiger partial charge in [0.05, 0.1) is 11.7 Å². The first-order valence-corrected chi connectivity index (χ1v) is 7.31. The van der Waals surface area contributed by atoms with Crippen molar-refractivity contribution in [1.82, 2.24) is 10.2 Å². The van der Waals surface area contributed by atoms with Crippen LogP contribution in [0.15, 0.2) is 0 Å². The maximum atomic E-state index is 12.3. The Morgan fingerprint density at radius 2 is 2.17 bits per heavy atom. The second-order valence-corrected chi connectivity index (χ2v) is 5.58. The molecule has 18 heavy (non-hydrogen) atoms. The first-order valence-electron chi connectivity index (χ1n) is 7.31. The van der Waals surface area contributed by atoms with Crippen LogP contribution in [-0.2, 0) is 9.53 Å². The topological polar surface area (TPSA) is 41.6 Å². The highest BCUT2D eigenvalue weighted by Gasteiger charge is 2.58. The van der Waals surface area contributed by atoms with Crippen molar-refractivity contribution in [2.45, 2.75) is 63.6 Å². The zero-order valence-electron chi connectivity index (χ0n) is 11.7. The molecule has 1 N–H and O–H groups in total. The van der Waals surface area contributed by atoms with E-state index in [1.165, 1.54) is 0 Å². The number of hydrogen-bond acceptors (Lipinski definition) is 3. The standard InChI is InChI=1S/C14H26N2O2/c1-3-7-12-15-14(8-9-14)13(17)16(12)10-5-4-6-11-18-2/h12,15H,3-11H2,1-2H3. The van der Waals surface area contributed by atoms with Gasteiger partial charge < -0.3 is 9.64 Å². The van der Waals surface area contributed by atoms with Gasteiger partial charge in [-0.2, -0.15) is 0 Å². The van der Waals surface area contributed by atoms with Gasteiger partial charge in [0.25, 0.3) is 0 Å². The lowest BCUT2D eigenvalue weighted by atomic mass is 10.2. The van der Waals surface area contributed by atoms with Crippen LogP contribution < -0.4 is 5.32 Å². The molecule has 1 aliphatic heterocycles. The van der Waals surface area contributed by atoms with Crippen molar-refractivity contribution < 1.29 is 9.53 Å². The summed E-state index contributed by atoms with van der Waals surface area (Å²) in [6.07, 6.45) is 7.88. The third-order valence-corrected chi connectivity index (χ3v) is 4.05. The van der Waals surface area contributed by atoms with Gasteiger partial charge in [0.1, 0.15) is 0 Å². The molecule has 104 valence electrons. The zero-order valence-corrected chi connectivity index (χ0v) is 11.7. The van der Waals surface area contributed by atoms with E-state index in [1.54, 1.807) is 7.11 Å². The Morgan fingerprint density at radius 1 is 1.39 bits per heavy atom. The minimum absolute atomic E-state index is 0.146. The van der Waals surface area contributed by atoms with Gasteiger partial charge in [-0.1, -0.05) is 13.3 Å². The summed E-state index contributed by atoms with van der Waals surface area (Å²) >= 11 is 0. The Hall–Kier alpha value is -0.610. The summed E-state index contributed by atoms with van der Waals surface area (Å²) in [5, 5.41) is 3.55. The van der Waals surface area contributed by atoms with Gasteiger partial charge in [0, 0.05) is 20.3 Å². The van der Waals surface area contributed by atoms with Crippen molar-refractivity contribution in [3.8, 4) is 0 Å². The first kappa shape index (κ1) is 13.8. The summed E-state index contributed by atoms with van der Waals surface area (Å²) in [6.45, 7) is 3.91. The van der Waals surface area contributed by atoms with Crippen LogP contribution in [0.25, 0.3) is 0 Å². The minimum Gasteiger partial charge on any atom is -0.385 e. The van der Waals surface area contributed by atoms with Crippen LogP contribution >= 0.6 is 0 Å². The van der Waals surface area contributed by atoms with Crippen molar-refractivity contribution >= 4 is 5.91 Å². The first-order chi connectivity index (χ1) is 8.73. The fraction of sp³-hybridized carbons (Fsp3) is 0.929. The molecule has 0 radical (unpaired) electrons. The SMILES string of the molecule is CCCC1NC2(CC2)C(=O)N1CCCCCOC. The van der Waals surface area contributed by atoms with E-state index in [0.29, 0.717) is 5.91 Å². The Kier molecular flexibility index (Phi) is 4.62. The number of rotatable bonds is 8. The van der Waals surface area contributed by atoms with Crippen LogP contribution in [0, 0.1) is 0 Å². The molecule has 1 spiro atoms. The molecular formula is C14H26N2O2. The van der Waals surface area contributed by atoms with E-state index in [0.717, 1.165) is 58.1 Å². The number of nitrogens with one attached hydrogen (secondary N) is 1. The van der Waals surface area contributed by atoms with Crippen LogP contribution in [0.4, 0.5) is 0 Å². The fourth-order valence-corrected chi connectivity index (χ4v) is 2.82. The Bertz CT molecular complexity index is 290. The van der Waals surface area contributed by atoms with Crippen LogP contribution in [0.1, 0.15) is 51.9 Å². The predicted octanol–water partition coefficient (Wildman–Crippen LogP) is 1.89. The molecule has 1 atom stereocenters. The number of methoxy groups -OCH3 is 1. The monoisotopic (exact) mass is 254 g/mol.